The second-order valence-corrected chi connectivity index (χ2v) is 7.38. The molecule has 4 heteroatoms. The maximum Gasteiger partial charge on any atom is 0.141 e. The quantitative estimate of drug-likeness (QED) is 0.457. The Morgan fingerprint density at radius 2 is 1.53 bits per heavy atom. The van der Waals surface area contributed by atoms with Crippen molar-refractivity contribution in [2.24, 2.45) is 4.99 Å². The van der Waals surface area contributed by atoms with E-state index >= 15 is 0 Å². The molecule has 0 saturated heterocycles. The van der Waals surface area contributed by atoms with Crippen LogP contribution in [-0.2, 0) is 0 Å². The van der Waals surface area contributed by atoms with E-state index in [-0.39, 0.29) is 0 Å². The molecule has 0 bridgehead atoms. The minimum atomic E-state index is 0.318. The van der Waals surface area contributed by atoms with Crippen molar-refractivity contribution in [1.29, 1.82) is 10.7 Å². The van der Waals surface area contributed by atoms with E-state index < -0.39 is 0 Å². The van der Waals surface area contributed by atoms with Gasteiger partial charge in [-0.05, 0) is 49.9 Å². The zero-order valence-electron chi connectivity index (χ0n) is 18.1. The highest BCUT2D eigenvalue weighted by atomic mass is 15.2. The van der Waals surface area contributed by atoms with Gasteiger partial charge in [0, 0.05) is 18.2 Å². The van der Waals surface area contributed by atoms with E-state index in [2.05, 4.69) is 11.1 Å². The van der Waals surface area contributed by atoms with E-state index in [9.17, 15) is 5.26 Å². The highest BCUT2D eigenvalue weighted by molar-refractivity contribution is 6.29. The molecule has 0 spiro atoms. The normalized spacial score (nSPS) is 11.1. The molecule has 0 amide bonds. The lowest BCUT2D eigenvalue weighted by Gasteiger charge is -2.31. The van der Waals surface area contributed by atoms with Crippen LogP contribution < -0.4 is 4.90 Å². The Kier molecular flexibility index (Phi) is 6.13. The van der Waals surface area contributed by atoms with Gasteiger partial charge in [0.2, 0.25) is 0 Å². The van der Waals surface area contributed by atoms with Crippen LogP contribution in [0, 0.1) is 44.4 Å². The number of nitrogens with zero attached hydrogens (tertiary/aromatic N) is 3. The van der Waals surface area contributed by atoms with Gasteiger partial charge in [-0.2, -0.15) is 5.26 Å². The summed E-state index contributed by atoms with van der Waals surface area (Å²) in [5.41, 5.74) is 7.07. The van der Waals surface area contributed by atoms with Crippen LogP contribution in [0.4, 0.5) is 5.69 Å². The molecule has 4 nitrogen and oxygen atoms in total. The van der Waals surface area contributed by atoms with E-state index in [1.165, 1.54) is 0 Å². The predicted octanol–water partition coefficient (Wildman–Crippen LogP) is 5.70. The zero-order chi connectivity index (χ0) is 21.8. The number of nitrogens with one attached hydrogen (secondary N) is 1. The number of nitriles is 1. The average molecular weight is 395 g/mol. The Morgan fingerprint density at radius 3 is 2.13 bits per heavy atom. The van der Waals surface area contributed by atoms with Crippen LogP contribution in [0.3, 0.4) is 0 Å². The molecule has 0 aromatic heterocycles. The standard InChI is InChI=1S/C26H26N4/c1-17-11-9-10-14-22(17)26(29-5)30(25(28)21-12-7-6-8-13-21)24-19(3)15-18(2)23(16-27)20(24)4/h6-15,28H,1-5H3. The Morgan fingerprint density at radius 1 is 0.900 bits per heavy atom. The van der Waals surface area contributed by atoms with Crippen molar-refractivity contribution >= 4 is 17.4 Å². The van der Waals surface area contributed by atoms with Gasteiger partial charge in [0.15, 0.2) is 0 Å². The molecule has 0 aliphatic heterocycles. The monoisotopic (exact) mass is 394 g/mol. The van der Waals surface area contributed by atoms with E-state index in [1.807, 2.05) is 93.3 Å². The van der Waals surface area contributed by atoms with Crippen LogP contribution in [0.5, 0.6) is 0 Å². The van der Waals surface area contributed by atoms with Crippen molar-refractivity contribution in [3.05, 3.63) is 99.6 Å². The Bertz CT molecular complexity index is 1170. The van der Waals surface area contributed by atoms with Crippen molar-refractivity contribution < 1.29 is 0 Å². The first kappa shape index (κ1) is 21.0. The van der Waals surface area contributed by atoms with Gasteiger partial charge in [-0.15, -0.1) is 0 Å². The molecular formula is C26H26N4. The molecule has 3 aromatic carbocycles. The average Bonchev–Trinajstić information content (AvgIpc) is 2.74. The van der Waals surface area contributed by atoms with E-state index in [1.54, 1.807) is 7.05 Å². The fourth-order valence-corrected chi connectivity index (χ4v) is 3.90. The van der Waals surface area contributed by atoms with E-state index in [4.69, 9.17) is 5.41 Å². The summed E-state index contributed by atoms with van der Waals surface area (Å²) < 4.78 is 0. The molecular weight excluding hydrogens is 368 g/mol. The van der Waals surface area contributed by atoms with Gasteiger partial charge in [0.1, 0.15) is 11.7 Å². The second-order valence-electron chi connectivity index (χ2n) is 7.38. The summed E-state index contributed by atoms with van der Waals surface area (Å²) in [6.07, 6.45) is 0. The molecule has 3 aromatic rings. The van der Waals surface area contributed by atoms with Crippen molar-refractivity contribution in [3.63, 3.8) is 0 Å². The van der Waals surface area contributed by atoms with Gasteiger partial charge in [-0.25, -0.2) is 0 Å². The van der Waals surface area contributed by atoms with E-state index in [0.29, 0.717) is 17.2 Å². The maximum atomic E-state index is 9.76. The van der Waals surface area contributed by atoms with Crippen molar-refractivity contribution in [2.75, 3.05) is 11.9 Å². The van der Waals surface area contributed by atoms with Crippen molar-refractivity contribution in [2.45, 2.75) is 27.7 Å². The number of hydrogen-bond donors (Lipinski definition) is 1. The molecule has 0 saturated carbocycles. The summed E-state index contributed by atoms with van der Waals surface area (Å²) in [4.78, 5) is 6.50. The summed E-state index contributed by atoms with van der Waals surface area (Å²) in [6.45, 7) is 7.96. The molecule has 0 aliphatic rings. The number of amidine groups is 2. The third-order valence-corrected chi connectivity index (χ3v) is 5.35. The predicted molar refractivity (Wildman–Crippen MR) is 125 cm³/mol. The van der Waals surface area contributed by atoms with Gasteiger partial charge in [-0.1, -0.05) is 60.7 Å². The molecule has 30 heavy (non-hydrogen) atoms. The van der Waals surface area contributed by atoms with Crippen molar-refractivity contribution in [1.82, 2.24) is 0 Å². The Balaban J connectivity index is 2.34. The lowest BCUT2D eigenvalue weighted by Crippen LogP contribution is -2.39. The van der Waals surface area contributed by atoms with Gasteiger partial charge in [0.05, 0.1) is 17.3 Å². The number of benzene rings is 3. The summed E-state index contributed by atoms with van der Waals surface area (Å²) in [7, 11) is 1.75. The first-order valence-electron chi connectivity index (χ1n) is 9.88. The minimum absolute atomic E-state index is 0.318. The van der Waals surface area contributed by atoms with E-state index in [0.717, 1.165) is 39.1 Å². The highest BCUT2D eigenvalue weighted by Crippen LogP contribution is 2.33. The smallest absolute Gasteiger partial charge is 0.141 e. The number of rotatable bonds is 3. The number of aryl methyl sites for hydroxylation is 3. The van der Waals surface area contributed by atoms with Crippen molar-refractivity contribution in [3.8, 4) is 6.07 Å². The lowest BCUT2D eigenvalue weighted by molar-refractivity contribution is 1.20. The topological polar surface area (TPSA) is 63.2 Å². The maximum absolute atomic E-state index is 9.76. The van der Waals surface area contributed by atoms with Gasteiger partial charge in [-0.3, -0.25) is 15.3 Å². The summed E-state index contributed by atoms with van der Waals surface area (Å²) in [5.74, 6) is 0.999. The fourth-order valence-electron chi connectivity index (χ4n) is 3.90. The summed E-state index contributed by atoms with van der Waals surface area (Å²) >= 11 is 0. The SMILES string of the molecule is CN=C(c1ccccc1C)N(C(=N)c1ccccc1)c1c(C)cc(C)c(C#N)c1C. The number of aliphatic imine (C=N–C) groups is 1. The highest BCUT2D eigenvalue weighted by Gasteiger charge is 2.26. The van der Waals surface area contributed by atoms with Gasteiger partial charge >= 0.3 is 0 Å². The van der Waals surface area contributed by atoms with Crippen LogP contribution in [0.25, 0.3) is 0 Å². The lowest BCUT2D eigenvalue weighted by atomic mass is 9.95. The third-order valence-electron chi connectivity index (χ3n) is 5.35. The molecule has 0 heterocycles. The van der Waals surface area contributed by atoms with Crippen LogP contribution in [0.15, 0.2) is 65.7 Å². The summed E-state index contributed by atoms with van der Waals surface area (Å²) in [5, 5.41) is 18.9. The van der Waals surface area contributed by atoms with Gasteiger partial charge < -0.3 is 0 Å². The molecule has 0 unspecified atom stereocenters. The van der Waals surface area contributed by atoms with Crippen LogP contribution in [0.1, 0.15) is 38.9 Å². The first-order valence-corrected chi connectivity index (χ1v) is 9.88. The largest absolute Gasteiger partial charge is 0.284 e. The molecule has 150 valence electrons. The summed E-state index contributed by atoms with van der Waals surface area (Å²) in [6, 6.07) is 22.0. The zero-order valence-corrected chi connectivity index (χ0v) is 18.1. The molecule has 0 fully saturated rings. The molecule has 0 radical (unpaired) electrons. The molecule has 3 rings (SSSR count). The number of hydrogen-bond acceptors (Lipinski definition) is 3. The molecule has 0 atom stereocenters. The van der Waals surface area contributed by atoms with Crippen LogP contribution >= 0.6 is 0 Å². The number of anilines is 1. The van der Waals surface area contributed by atoms with Crippen LogP contribution in [-0.4, -0.2) is 18.7 Å². The molecule has 1 N–H and O–H groups in total. The minimum Gasteiger partial charge on any atom is -0.284 e. The third kappa shape index (κ3) is 3.75. The molecule has 0 aliphatic carbocycles. The van der Waals surface area contributed by atoms with Crippen LogP contribution in [0.2, 0.25) is 0 Å². The Hall–Kier alpha value is -3.71. The van der Waals surface area contributed by atoms with Gasteiger partial charge in [0.25, 0.3) is 0 Å². The second kappa shape index (κ2) is 8.75. The Labute approximate surface area is 178 Å². The first-order chi connectivity index (χ1) is 14.4. The fraction of sp³-hybridized carbons (Fsp3) is 0.192.